The second-order valence-electron chi connectivity index (χ2n) is 5.01. The molecule has 0 N–H and O–H groups in total. The maximum Gasteiger partial charge on any atom is 0.151 e. The maximum atomic E-state index is 12.1. The first-order valence-corrected chi connectivity index (χ1v) is 7.48. The molecular formula is C16H17NOS. The van der Waals surface area contributed by atoms with Crippen molar-refractivity contribution in [3.8, 4) is 0 Å². The third-order valence-electron chi connectivity index (χ3n) is 3.70. The van der Waals surface area contributed by atoms with Gasteiger partial charge in [0.05, 0.1) is 6.04 Å². The summed E-state index contributed by atoms with van der Waals surface area (Å²) in [6.45, 7) is 3.55. The summed E-state index contributed by atoms with van der Waals surface area (Å²) in [7, 11) is 0. The predicted octanol–water partition coefficient (Wildman–Crippen LogP) is 3.44. The lowest BCUT2D eigenvalue weighted by molar-refractivity contribution is -0.122. The molecule has 0 saturated carbocycles. The number of ketones is 1. The van der Waals surface area contributed by atoms with Crippen molar-refractivity contribution in [3.05, 3.63) is 57.8 Å². The maximum absolute atomic E-state index is 12.1. The molecular weight excluding hydrogens is 254 g/mol. The van der Waals surface area contributed by atoms with E-state index in [-0.39, 0.29) is 11.8 Å². The molecule has 19 heavy (non-hydrogen) atoms. The largest absolute Gasteiger partial charge is 0.298 e. The Bertz CT molecular complexity index is 575. The molecule has 1 unspecified atom stereocenters. The van der Waals surface area contributed by atoms with Crippen molar-refractivity contribution in [2.24, 2.45) is 0 Å². The van der Waals surface area contributed by atoms with Crippen molar-refractivity contribution in [1.29, 1.82) is 0 Å². The van der Waals surface area contributed by atoms with Crippen LogP contribution < -0.4 is 0 Å². The van der Waals surface area contributed by atoms with E-state index in [1.807, 2.05) is 29.5 Å². The lowest BCUT2D eigenvalue weighted by Gasteiger charge is -2.33. The Kier molecular flexibility index (Phi) is 3.49. The Morgan fingerprint density at radius 1 is 1.26 bits per heavy atom. The molecule has 0 saturated heterocycles. The van der Waals surface area contributed by atoms with E-state index in [0.717, 1.165) is 25.1 Å². The van der Waals surface area contributed by atoms with Gasteiger partial charge >= 0.3 is 0 Å². The molecule has 1 aromatic heterocycles. The molecule has 98 valence electrons. The van der Waals surface area contributed by atoms with Crippen molar-refractivity contribution in [2.45, 2.75) is 25.9 Å². The number of carbonyl (C=O) groups is 1. The first-order valence-electron chi connectivity index (χ1n) is 6.60. The highest BCUT2D eigenvalue weighted by Gasteiger charge is 2.28. The molecule has 1 atom stereocenters. The molecule has 0 spiro atoms. The third kappa shape index (κ3) is 2.48. The summed E-state index contributed by atoms with van der Waals surface area (Å²) in [5, 5.41) is 2.15. The fourth-order valence-electron chi connectivity index (χ4n) is 2.83. The average Bonchev–Trinajstić information content (AvgIpc) is 2.87. The summed E-state index contributed by atoms with van der Waals surface area (Å²) in [5.41, 5.74) is 2.49. The molecule has 1 aliphatic heterocycles. The molecule has 2 heterocycles. The molecule has 0 amide bonds. The summed E-state index contributed by atoms with van der Waals surface area (Å²) in [5.74, 6) is 0.227. The van der Waals surface area contributed by atoms with Crippen LogP contribution in [0, 0.1) is 0 Å². The van der Waals surface area contributed by atoms with Gasteiger partial charge in [-0.2, -0.15) is 0 Å². The zero-order chi connectivity index (χ0) is 13.2. The molecule has 0 bridgehead atoms. The van der Waals surface area contributed by atoms with E-state index in [1.165, 1.54) is 10.4 Å². The summed E-state index contributed by atoms with van der Waals surface area (Å²) in [6.07, 6.45) is 1.06. The first kappa shape index (κ1) is 12.6. The Labute approximate surface area is 117 Å². The zero-order valence-electron chi connectivity index (χ0n) is 11.0. The Balaban J connectivity index is 1.89. The van der Waals surface area contributed by atoms with Crippen LogP contribution in [0.1, 0.15) is 29.0 Å². The molecule has 1 aliphatic rings. The van der Waals surface area contributed by atoms with Crippen LogP contribution in [0.2, 0.25) is 0 Å². The first-order chi connectivity index (χ1) is 9.25. The third-order valence-corrected chi connectivity index (χ3v) is 4.73. The molecule has 3 heteroatoms. The van der Waals surface area contributed by atoms with Gasteiger partial charge in [-0.15, -0.1) is 11.3 Å². The van der Waals surface area contributed by atoms with Crippen LogP contribution in [-0.2, 0) is 17.8 Å². The van der Waals surface area contributed by atoms with Crippen LogP contribution in [0.4, 0.5) is 0 Å². The number of carbonyl (C=O) groups excluding carboxylic acids is 1. The summed E-state index contributed by atoms with van der Waals surface area (Å²) >= 11 is 1.83. The van der Waals surface area contributed by atoms with E-state index in [4.69, 9.17) is 0 Å². The molecule has 0 aliphatic carbocycles. The van der Waals surface area contributed by atoms with Crippen LogP contribution in [0.15, 0.2) is 41.8 Å². The van der Waals surface area contributed by atoms with Crippen molar-refractivity contribution in [1.82, 2.24) is 4.90 Å². The van der Waals surface area contributed by atoms with Gasteiger partial charge in [-0.05, 0) is 35.9 Å². The van der Waals surface area contributed by atoms with Gasteiger partial charge in [0.25, 0.3) is 0 Å². The van der Waals surface area contributed by atoms with Gasteiger partial charge in [-0.3, -0.25) is 9.69 Å². The number of hydrogen-bond acceptors (Lipinski definition) is 3. The van der Waals surface area contributed by atoms with Gasteiger partial charge in [-0.1, -0.05) is 30.3 Å². The van der Waals surface area contributed by atoms with Gasteiger partial charge in [0.2, 0.25) is 0 Å². The van der Waals surface area contributed by atoms with Crippen LogP contribution in [0.25, 0.3) is 0 Å². The SMILES string of the molecule is CC(=O)C(c1ccccc1)N1CCc2sccc2C1. The van der Waals surface area contributed by atoms with Crippen molar-refractivity contribution >= 4 is 17.1 Å². The van der Waals surface area contributed by atoms with Crippen molar-refractivity contribution in [3.63, 3.8) is 0 Å². The van der Waals surface area contributed by atoms with E-state index >= 15 is 0 Å². The van der Waals surface area contributed by atoms with E-state index in [1.54, 1.807) is 6.92 Å². The summed E-state index contributed by atoms with van der Waals surface area (Å²) in [4.78, 5) is 15.8. The minimum Gasteiger partial charge on any atom is -0.298 e. The van der Waals surface area contributed by atoms with Crippen LogP contribution in [0.3, 0.4) is 0 Å². The van der Waals surface area contributed by atoms with Gasteiger partial charge in [0.1, 0.15) is 0 Å². The van der Waals surface area contributed by atoms with Crippen LogP contribution >= 0.6 is 11.3 Å². The fraction of sp³-hybridized carbons (Fsp3) is 0.312. The molecule has 2 aromatic rings. The molecule has 2 nitrogen and oxygen atoms in total. The Morgan fingerprint density at radius 2 is 2.05 bits per heavy atom. The number of nitrogens with zero attached hydrogens (tertiary/aromatic N) is 1. The van der Waals surface area contributed by atoms with Gasteiger partial charge in [0.15, 0.2) is 5.78 Å². The highest BCUT2D eigenvalue weighted by atomic mass is 32.1. The standard InChI is InChI=1S/C16H17NOS/c1-12(18)16(13-5-3-2-4-6-13)17-9-7-15-14(11-17)8-10-19-15/h2-6,8,10,16H,7,9,11H2,1H3. The molecule has 3 rings (SSSR count). The van der Waals surface area contributed by atoms with Crippen molar-refractivity contribution < 1.29 is 4.79 Å². The van der Waals surface area contributed by atoms with Gasteiger partial charge in [0, 0.05) is 18.0 Å². The monoisotopic (exact) mass is 271 g/mol. The van der Waals surface area contributed by atoms with Gasteiger partial charge < -0.3 is 0 Å². The molecule has 0 fully saturated rings. The average molecular weight is 271 g/mol. The number of rotatable bonds is 3. The number of Topliss-reactive ketones (excluding diaryl/α,β-unsaturated/α-hetero) is 1. The number of fused-ring (bicyclic) bond motifs is 1. The quantitative estimate of drug-likeness (QED) is 0.852. The molecule has 1 aromatic carbocycles. The lowest BCUT2D eigenvalue weighted by atomic mass is 9.98. The van der Waals surface area contributed by atoms with Crippen LogP contribution in [0.5, 0.6) is 0 Å². The van der Waals surface area contributed by atoms with E-state index in [2.05, 4.69) is 28.5 Å². The second-order valence-corrected chi connectivity index (χ2v) is 6.01. The highest BCUT2D eigenvalue weighted by molar-refractivity contribution is 7.10. The number of benzene rings is 1. The smallest absolute Gasteiger partial charge is 0.151 e. The van der Waals surface area contributed by atoms with E-state index < -0.39 is 0 Å². The lowest BCUT2D eigenvalue weighted by Crippen LogP contribution is -2.36. The Hall–Kier alpha value is -1.45. The number of thiophene rings is 1. The fourth-order valence-corrected chi connectivity index (χ4v) is 3.72. The number of hydrogen-bond donors (Lipinski definition) is 0. The highest BCUT2D eigenvalue weighted by Crippen LogP contribution is 2.30. The molecule has 0 radical (unpaired) electrons. The normalized spacial score (nSPS) is 16.9. The van der Waals surface area contributed by atoms with Gasteiger partial charge in [-0.25, -0.2) is 0 Å². The minimum absolute atomic E-state index is 0.103. The zero-order valence-corrected chi connectivity index (χ0v) is 11.8. The predicted molar refractivity (Wildman–Crippen MR) is 78.3 cm³/mol. The topological polar surface area (TPSA) is 20.3 Å². The summed E-state index contributed by atoms with van der Waals surface area (Å²) < 4.78 is 0. The summed E-state index contributed by atoms with van der Waals surface area (Å²) in [6, 6.07) is 12.2. The van der Waals surface area contributed by atoms with E-state index in [0.29, 0.717) is 0 Å². The van der Waals surface area contributed by atoms with E-state index in [9.17, 15) is 4.79 Å². The minimum atomic E-state index is -0.103. The second kappa shape index (κ2) is 5.27. The van der Waals surface area contributed by atoms with Crippen molar-refractivity contribution in [2.75, 3.05) is 6.54 Å². The Morgan fingerprint density at radius 3 is 2.79 bits per heavy atom. The van der Waals surface area contributed by atoms with Crippen LogP contribution in [-0.4, -0.2) is 17.2 Å².